The molecule has 0 spiro atoms. The summed E-state index contributed by atoms with van der Waals surface area (Å²) in [5.74, 6) is 0.117. The molecule has 0 aromatic carbocycles. The van der Waals surface area contributed by atoms with Crippen LogP contribution in [0.25, 0.3) is 0 Å². The summed E-state index contributed by atoms with van der Waals surface area (Å²) < 4.78 is 0. The summed E-state index contributed by atoms with van der Waals surface area (Å²) in [6.45, 7) is 4.34. The van der Waals surface area contributed by atoms with Gasteiger partial charge in [0.2, 0.25) is 0 Å². The van der Waals surface area contributed by atoms with E-state index in [2.05, 4.69) is 0 Å². The van der Waals surface area contributed by atoms with Crippen LogP contribution in [0.4, 0.5) is 4.79 Å². The fourth-order valence-corrected chi connectivity index (χ4v) is 2.55. The van der Waals surface area contributed by atoms with Gasteiger partial charge >= 0.3 is 12.1 Å². The summed E-state index contributed by atoms with van der Waals surface area (Å²) in [5, 5.41) is 18.2. The number of carboxylic acid groups (broad SMARTS) is 2. The Balaban J connectivity index is 4.45. The lowest BCUT2D eigenvalue weighted by Crippen LogP contribution is -2.46. The van der Waals surface area contributed by atoms with E-state index in [0.29, 0.717) is 18.7 Å². The summed E-state index contributed by atoms with van der Waals surface area (Å²) in [4.78, 5) is 23.3. The van der Waals surface area contributed by atoms with Crippen LogP contribution in [0.5, 0.6) is 0 Å². The average Bonchev–Trinajstić information content (AvgIpc) is 2.31. The number of unbranched alkanes of at least 4 members (excludes halogenated alkanes) is 2. The fraction of sp³-hybridized carbons (Fsp3) is 0.833. The van der Waals surface area contributed by atoms with Gasteiger partial charge in [-0.05, 0) is 18.6 Å². The van der Waals surface area contributed by atoms with Crippen LogP contribution in [0.3, 0.4) is 0 Å². The maximum absolute atomic E-state index is 11.2. The number of rotatable bonds is 10. The zero-order valence-electron chi connectivity index (χ0n) is 11.1. The monoisotopic (exact) mass is 277 g/mol. The van der Waals surface area contributed by atoms with E-state index < -0.39 is 18.1 Å². The van der Waals surface area contributed by atoms with E-state index in [4.69, 9.17) is 10.2 Å². The predicted molar refractivity (Wildman–Crippen MR) is 73.3 cm³/mol. The molecule has 0 saturated carbocycles. The Morgan fingerprint density at radius 1 is 1.17 bits per heavy atom. The molecule has 0 aliphatic rings. The number of nitrogens with zero attached hydrogens (tertiary/aromatic N) is 1. The van der Waals surface area contributed by atoms with Crippen molar-refractivity contribution in [2.45, 2.75) is 45.6 Å². The Morgan fingerprint density at radius 3 is 2.28 bits per heavy atom. The zero-order valence-corrected chi connectivity index (χ0v) is 11.9. The van der Waals surface area contributed by atoms with E-state index in [1.165, 1.54) is 11.8 Å². The van der Waals surface area contributed by atoms with Gasteiger partial charge in [0.15, 0.2) is 0 Å². The highest BCUT2D eigenvalue weighted by atomic mass is 32.2. The SMILES string of the molecule is CCCCCN(C(=O)O)C(CSCCC)C(=O)O. The van der Waals surface area contributed by atoms with Crippen molar-refractivity contribution in [1.82, 2.24) is 4.90 Å². The molecule has 0 fully saturated rings. The van der Waals surface area contributed by atoms with Crippen LogP contribution in [0.15, 0.2) is 0 Å². The number of hydrogen-bond acceptors (Lipinski definition) is 3. The van der Waals surface area contributed by atoms with Gasteiger partial charge in [0.25, 0.3) is 0 Å². The van der Waals surface area contributed by atoms with Crippen LogP contribution < -0.4 is 0 Å². The van der Waals surface area contributed by atoms with Crippen molar-refractivity contribution in [3.8, 4) is 0 Å². The second kappa shape index (κ2) is 10.1. The molecule has 2 N–H and O–H groups in total. The summed E-state index contributed by atoms with van der Waals surface area (Å²) >= 11 is 1.49. The molecule has 0 heterocycles. The molecular formula is C12H23NO4S. The first kappa shape index (κ1) is 17.1. The molecule has 1 atom stereocenters. The predicted octanol–water partition coefficient (Wildman–Crippen LogP) is 2.75. The van der Waals surface area contributed by atoms with Crippen molar-refractivity contribution in [1.29, 1.82) is 0 Å². The molecule has 0 aliphatic carbocycles. The van der Waals surface area contributed by atoms with Gasteiger partial charge in [-0.15, -0.1) is 0 Å². The van der Waals surface area contributed by atoms with E-state index in [9.17, 15) is 9.59 Å². The van der Waals surface area contributed by atoms with Crippen molar-refractivity contribution >= 4 is 23.8 Å². The van der Waals surface area contributed by atoms with E-state index >= 15 is 0 Å². The molecule has 6 heteroatoms. The smallest absolute Gasteiger partial charge is 0.408 e. The molecule has 0 rings (SSSR count). The van der Waals surface area contributed by atoms with Gasteiger partial charge in [0, 0.05) is 12.3 Å². The Morgan fingerprint density at radius 2 is 1.83 bits per heavy atom. The number of carboxylic acids is 1. The topological polar surface area (TPSA) is 77.8 Å². The van der Waals surface area contributed by atoms with Crippen molar-refractivity contribution in [3.05, 3.63) is 0 Å². The van der Waals surface area contributed by atoms with Crippen LogP contribution in [-0.2, 0) is 4.79 Å². The molecule has 5 nitrogen and oxygen atoms in total. The van der Waals surface area contributed by atoms with Gasteiger partial charge in [0.05, 0.1) is 0 Å². The highest BCUT2D eigenvalue weighted by molar-refractivity contribution is 7.99. The second-order valence-corrected chi connectivity index (χ2v) is 5.26. The number of thioether (sulfide) groups is 1. The highest BCUT2D eigenvalue weighted by Crippen LogP contribution is 2.12. The van der Waals surface area contributed by atoms with Crippen molar-refractivity contribution in [2.75, 3.05) is 18.1 Å². The molecule has 0 aromatic heterocycles. The first-order valence-electron chi connectivity index (χ1n) is 6.34. The minimum Gasteiger partial charge on any atom is -0.480 e. The van der Waals surface area contributed by atoms with Gasteiger partial charge in [-0.2, -0.15) is 11.8 Å². The Kier molecular flexibility index (Phi) is 9.55. The first-order valence-corrected chi connectivity index (χ1v) is 7.50. The molecule has 0 saturated heterocycles. The minimum atomic E-state index is -1.14. The maximum atomic E-state index is 11.2. The molecule has 0 aliphatic heterocycles. The average molecular weight is 277 g/mol. The van der Waals surface area contributed by atoms with Gasteiger partial charge in [0.1, 0.15) is 6.04 Å². The lowest BCUT2D eigenvalue weighted by molar-refractivity contribution is -0.141. The largest absolute Gasteiger partial charge is 0.480 e. The van der Waals surface area contributed by atoms with Crippen LogP contribution in [0, 0.1) is 0 Å². The molecular weight excluding hydrogens is 254 g/mol. The van der Waals surface area contributed by atoms with Gasteiger partial charge in [-0.25, -0.2) is 9.59 Å². The molecule has 1 amide bonds. The minimum absolute atomic E-state index is 0.298. The lowest BCUT2D eigenvalue weighted by Gasteiger charge is -2.26. The fourth-order valence-electron chi connectivity index (χ4n) is 1.55. The zero-order chi connectivity index (χ0) is 14.0. The summed E-state index contributed by atoms with van der Waals surface area (Å²) in [7, 11) is 0. The number of hydrogen-bond donors (Lipinski definition) is 2. The Bertz CT molecular complexity index is 234. The molecule has 1 unspecified atom stereocenters. The molecule has 0 bridgehead atoms. The summed E-state index contributed by atoms with van der Waals surface area (Å²) in [5.41, 5.74) is 0. The van der Waals surface area contributed by atoms with Gasteiger partial charge in [-0.3, -0.25) is 4.90 Å². The molecule has 106 valence electrons. The van der Waals surface area contributed by atoms with E-state index in [0.717, 1.165) is 29.9 Å². The third kappa shape index (κ3) is 6.74. The molecule has 18 heavy (non-hydrogen) atoms. The van der Waals surface area contributed by atoms with Gasteiger partial charge < -0.3 is 10.2 Å². The molecule has 0 radical (unpaired) electrons. The first-order chi connectivity index (χ1) is 8.54. The van der Waals surface area contributed by atoms with Crippen molar-refractivity contribution < 1.29 is 19.8 Å². The third-order valence-electron chi connectivity index (χ3n) is 2.53. The number of carbonyl (C=O) groups is 2. The van der Waals surface area contributed by atoms with Crippen LogP contribution in [0.1, 0.15) is 39.5 Å². The number of aliphatic carboxylic acids is 1. The maximum Gasteiger partial charge on any atom is 0.408 e. The second-order valence-electron chi connectivity index (χ2n) is 4.11. The normalized spacial score (nSPS) is 12.1. The van der Waals surface area contributed by atoms with E-state index in [1.807, 2.05) is 13.8 Å². The van der Waals surface area contributed by atoms with Crippen LogP contribution >= 0.6 is 11.8 Å². The standard InChI is InChI=1S/C12H23NO4S/c1-3-5-6-7-13(12(16)17)10(11(14)15)9-18-8-4-2/h10H,3-9H2,1-2H3,(H,14,15)(H,16,17). The number of amides is 1. The van der Waals surface area contributed by atoms with E-state index in [-0.39, 0.29) is 0 Å². The molecule has 0 aromatic rings. The Labute approximate surface area is 113 Å². The quantitative estimate of drug-likeness (QED) is 0.600. The van der Waals surface area contributed by atoms with Crippen molar-refractivity contribution in [2.24, 2.45) is 0 Å². The third-order valence-corrected chi connectivity index (χ3v) is 3.78. The lowest BCUT2D eigenvalue weighted by atomic mass is 10.2. The van der Waals surface area contributed by atoms with Crippen LogP contribution in [0.2, 0.25) is 0 Å². The highest BCUT2D eigenvalue weighted by Gasteiger charge is 2.28. The summed E-state index contributed by atoms with van der Waals surface area (Å²) in [6, 6.07) is -0.934. The Hall–Kier alpha value is -0.910. The van der Waals surface area contributed by atoms with Gasteiger partial charge in [-0.1, -0.05) is 26.7 Å². The van der Waals surface area contributed by atoms with E-state index in [1.54, 1.807) is 0 Å². The van der Waals surface area contributed by atoms with Crippen molar-refractivity contribution in [3.63, 3.8) is 0 Å². The van der Waals surface area contributed by atoms with Crippen LogP contribution in [-0.4, -0.2) is 51.3 Å². The summed E-state index contributed by atoms with van der Waals surface area (Å²) in [6.07, 6.45) is 2.43.